The predicted octanol–water partition coefficient (Wildman–Crippen LogP) is 4.42. The van der Waals surface area contributed by atoms with Crippen LogP contribution < -0.4 is 5.32 Å². The van der Waals surface area contributed by atoms with E-state index < -0.39 is 0 Å². The van der Waals surface area contributed by atoms with E-state index in [0.717, 1.165) is 17.1 Å². The molecule has 3 rings (SSSR count). The van der Waals surface area contributed by atoms with Crippen molar-refractivity contribution in [3.63, 3.8) is 0 Å². The molecule has 1 N–H and O–H groups in total. The highest BCUT2D eigenvalue weighted by atomic mass is 35.5. The number of hydrogen-bond acceptors (Lipinski definition) is 4. The number of aryl methyl sites for hydroxylation is 1. The minimum atomic E-state index is -0.255. The van der Waals surface area contributed by atoms with Gasteiger partial charge in [-0.2, -0.15) is 9.36 Å². The van der Waals surface area contributed by atoms with Crippen LogP contribution >= 0.6 is 23.1 Å². The molecule has 0 unspecified atom stereocenters. The monoisotopic (exact) mass is 329 g/mol. The Balaban J connectivity index is 1.77. The number of carbonyl (C=O) groups excluding carboxylic acids is 1. The summed E-state index contributed by atoms with van der Waals surface area (Å²) in [4.78, 5) is 16.5. The minimum absolute atomic E-state index is 0.255. The largest absolute Gasteiger partial charge is 0.297 e. The third-order valence-corrected chi connectivity index (χ3v) is 3.91. The van der Waals surface area contributed by atoms with Crippen LogP contribution in [0.1, 0.15) is 15.9 Å². The van der Waals surface area contributed by atoms with Crippen molar-refractivity contribution in [1.29, 1.82) is 0 Å². The first-order chi connectivity index (χ1) is 10.6. The van der Waals surface area contributed by atoms with Gasteiger partial charge in [-0.05, 0) is 25.1 Å². The highest BCUT2D eigenvalue weighted by molar-refractivity contribution is 7.10. The summed E-state index contributed by atoms with van der Waals surface area (Å²) in [6, 6.07) is 14.7. The predicted molar refractivity (Wildman–Crippen MR) is 89.5 cm³/mol. The zero-order valence-corrected chi connectivity index (χ0v) is 13.3. The van der Waals surface area contributed by atoms with E-state index in [2.05, 4.69) is 14.7 Å². The quantitative estimate of drug-likeness (QED) is 0.774. The lowest BCUT2D eigenvalue weighted by Crippen LogP contribution is -2.11. The fraction of sp³-hybridized carbons (Fsp3) is 0.0625. The van der Waals surface area contributed by atoms with Gasteiger partial charge in [0.05, 0.1) is 0 Å². The molecule has 1 amide bonds. The van der Waals surface area contributed by atoms with Gasteiger partial charge in [-0.3, -0.25) is 10.1 Å². The molecule has 0 radical (unpaired) electrons. The Labute approximate surface area is 137 Å². The molecular formula is C16H12ClN3OS. The number of aromatic nitrogens is 2. The first kappa shape index (κ1) is 14.7. The Morgan fingerprint density at radius 1 is 1.18 bits per heavy atom. The van der Waals surface area contributed by atoms with Crippen LogP contribution in [0.25, 0.3) is 11.4 Å². The maximum atomic E-state index is 12.1. The minimum Gasteiger partial charge on any atom is -0.297 e. The van der Waals surface area contributed by atoms with E-state index in [1.807, 2.05) is 31.2 Å². The Morgan fingerprint density at radius 2 is 1.95 bits per heavy atom. The van der Waals surface area contributed by atoms with Crippen LogP contribution in [0.2, 0.25) is 5.02 Å². The lowest BCUT2D eigenvalue weighted by molar-refractivity contribution is 0.102. The molecule has 0 atom stereocenters. The Hall–Kier alpha value is -2.24. The fourth-order valence-corrected chi connectivity index (χ4v) is 2.67. The number of rotatable bonds is 3. The topological polar surface area (TPSA) is 54.9 Å². The molecule has 0 saturated heterocycles. The first-order valence-corrected chi connectivity index (χ1v) is 7.74. The molecule has 0 bridgehead atoms. The molecule has 1 aromatic heterocycles. The number of anilines is 1. The van der Waals surface area contributed by atoms with Crippen LogP contribution in [0.15, 0.2) is 48.5 Å². The van der Waals surface area contributed by atoms with Crippen LogP contribution in [0.5, 0.6) is 0 Å². The Kier molecular flexibility index (Phi) is 4.18. The highest BCUT2D eigenvalue weighted by Gasteiger charge is 2.11. The van der Waals surface area contributed by atoms with Gasteiger partial charge in [0.25, 0.3) is 5.91 Å². The van der Waals surface area contributed by atoms with Crippen molar-refractivity contribution in [2.45, 2.75) is 6.92 Å². The van der Waals surface area contributed by atoms with Crippen LogP contribution in [0, 0.1) is 6.92 Å². The standard InChI is InChI=1S/C16H12ClN3OS/c1-10-5-7-11(8-6-10)14-18-16(22-20-14)19-15(21)12-3-2-4-13(17)9-12/h2-9H,1H3,(H,18,19,20,21). The molecule has 3 aromatic rings. The second kappa shape index (κ2) is 6.25. The molecule has 0 saturated carbocycles. The van der Waals surface area contributed by atoms with E-state index in [9.17, 15) is 4.79 Å². The second-order valence-corrected chi connectivity index (χ2v) is 5.94. The maximum Gasteiger partial charge on any atom is 0.257 e. The number of hydrogen-bond donors (Lipinski definition) is 1. The number of nitrogens with one attached hydrogen (secondary N) is 1. The third-order valence-electron chi connectivity index (χ3n) is 3.04. The lowest BCUT2D eigenvalue weighted by Gasteiger charge is -2.01. The van der Waals surface area contributed by atoms with E-state index in [-0.39, 0.29) is 5.91 Å². The van der Waals surface area contributed by atoms with E-state index in [4.69, 9.17) is 11.6 Å². The summed E-state index contributed by atoms with van der Waals surface area (Å²) in [5.41, 5.74) is 2.58. The van der Waals surface area contributed by atoms with Crippen LogP contribution in [0.3, 0.4) is 0 Å². The Morgan fingerprint density at radius 3 is 2.68 bits per heavy atom. The molecule has 110 valence electrons. The number of nitrogens with zero attached hydrogens (tertiary/aromatic N) is 2. The van der Waals surface area contributed by atoms with Gasteiger partial charge in [-0.1, -0.05) is 47.5 Å². The summed E-state index contributed by atoms with van der Waals surface area (Å²) >= 11 is 7.03. The summed E-state index contributed by atoms with van der Waals surface area (Å²) in [5, 5.41) is 3.71. The van der Waals surface area contributed by atoms with Crippen LogP contribution in [0.4, 0.5) is 5.13 Å². The number of halogens is 1. The van der Waals surface area contributed by atoms with Crippen molar-refractivity contribution in [2.24, 2.45) is 0 Å². The number of carbonyl (C=O) groups is 1. The zero-order valence-electron chi connectivity index (χ0n) is 11.7. The molecule has 0 fully saturated rings. The van der Waals surface area contributed by atoms with E-state index in [0.29, 0.717) is 21.5 Å². The summed E-state index contributed by atoms with van der Waals surface area (Å²) in [5.74, 6) is 0.348. The number of benzene rings is 2. The molecular weight excluding hydrogens is 318 g/mol. The zero-order chi connectivity index (χ0) is 15.5. The lowest BCUT2D eigenvalue weighted by atomic mass is 10.1. The van der Waals surface area contributed by atoms with Gasteiger partial charge in [0.1, 0.15) is 0 Å². The normalized spacial score (nSPS) is 10.5. The molecule has 0 aliphatic heterocycles. The highest BCUT2D eigenvalue weighted by Crippen LogP contribution is 2.22. The van der Waals surface area contributed by atoms with Crippen LogP contribution in [-0.2, 0) is 0 Å². The second-order valence-electron chi connectivity index (χ2n) is 4.75. The number of amides is 1. The SMILES string of the molecule is Cc1ccc(-c2nsc(NC(=O)c3cccc(Cl)c3)n2)cc1. The van der Waals surface area contributed by atoms with Gasteiger partial charge in [0, 0.05) is 27.7 Å². The fourth-order valence-electron chi connectivity index (χ4n) is 1.89. The van der Waals surface area contributed by atoms with E-state index in [1.165, 1.54) is 5.56 Å². The molecule has 4 nitrogen and oxygen atoms in total. The maximum absolute atomic E-state index is 12.1. The summed E-state index contributed by atoms with van der Waals surface area (Å²) in [6.45, 7) is 2.02. The summed E-state index contributed by atoms with van der Waals surface area (Å²) in [7, 11) is 0. The third kappa shape index (κ3) is 3.32. The first-order valence-electron chi connectivity index (χ1n) is 6.59. The molecule has 22 heavy (non-hydrogen) atoms. The van der Waals surface area contributed by atoms with Crippen molar-refractivity contribution >= 4 is 34.2 Å². The van der Waals surface area contributed by atoms with E-state index in [1.54, 1.807) is 24.3 Å². The van der Waals surface area contributed by atoms with E-state index >= 15 is 0 Å². The van der Waals surface area contributed by atoms with Gasteiger partial charge in [-0.15, -0.1) is 0 Å². The molecule has 2 aromatic carbocycles. The summed E-state index contributed by atoms with van der Waals surface area (Å²) in [6.07, 6.45) is 0. The molecule has 1 heterocycles. The Bertz CT molecular complexity index is 814. The van der Waals surface area contributed by atoms with Crippen molar-refractivity contribution in [3.8, 4) is 11.4 Å². The van der Waals surface area contributed by atoms with Gasteiger partial charge in [0.2, 0.25) is 5.13 Å². The van der Waals surface area contributed by atoms with Gasteiger partial charge in [0.15, 0.2) is 5.82 Å². The molecule has 0 aliphatic carbocycles. The smallest absolute Gasteiger partial charge is 0.257 e. The van der Waals surface area contributed by atoms with Crippen molar-refractivity contribution in [2.75, 3.05) is 5.32 Å². The van der Waals surface area contributed by atoms with Gasteiger partial charge < -0.3 is 0 Å². The van der Waals surface area contributed by atoms with Gasteiger partial charge >= 0.3 is 0 Å². The van der Waals surface area contributed by atoms with Crippen molar-refractivity contribution in [1.82, 2.24) is 9.36 Å². The molecule has 0 spiro atoms. The molecule has 6 heteroatoms. The van der Waals surface area contributed by atoms with Crippen molar-refractivity contribution < 1.29 is 4.79 Å². The van der Waals surface area contributed by atoms with Crippen LogP contribution in [-0.4, -0.2) is 15.3 Å². The average Bonchev–Trinajstić information content (AvgIpc) is 2.96. The summed E-state index contributed by atoms with van der Waals surface area (Å²) < 4.78 is 4.27. The van der Waals surface area contributed by atoms with Crippen molar-refractivity contribution in [3.05, 3.63) is 64.7 Å². The van der Waals surface area contributed by atoms with Gasteiger partial charge in [-0.25, -0.2) is 0 Å². The average molecular weight is 330 g/mol. The molecule has 0 aliphatic rings.